The van der Waals surface area contributed by atoms with Gasteiger partial charge in [0.25, 0.3) is 5.91 Å². The van der Waals surface area contributed by atoms with Crippen LogP contribution in [0.15, 0.2) is 54.6 Å². The van der Waals surface area contributed by atoms with Crippen molar-refractivity contribution in [2.75, 3.05) is 0 Å². The smallest absolute Gasteiger partial charge is 0.366 e. The first kappa shape index (κ1) is 18.8. The van der Waals surface area contributed by atoms with Gasteiger partial charge in [0.15, 0.2) is 0 Å². The van der Waals surface area contributed by atoms with Crippen LogP contribution >= 0.6 is 0 Å². The predicted octanol–water partition coefficient (Wildman–Crippen LogP) is 4.94. The second-order valence-corrected chi connectivity index (χ2v) is 6.43. The summed E-state index contributed by atoms with van der Waals surface area (Å²) in [5.74, 6) is -0.600. The Kier molecular flexibility index (Phi) is 4.83. The molecule has 0 aliphatic carbocycles. The van der Waals surface area contributed by atoms with Gasteiger partial charge in [-0.1, -0.05) is 42.5 Å². The minimum atomic E-state index is -4.41. The number of alkyl halides is 3. The third-order valence-corrected chi connectivity index (χ3v) is 4.71. The van der Waals surface area contributed by atoms with Crippen LogP contribution in [-0.4, -0.2) is 10.5 Å². The van der Waals surface area contributed by atoms with E-state index in [4.69, 9.17) is 5.73 Å². The molecule has 3 nitrogen and oxygen atoms in total. The van der Waals surface area contributed by atoms with Crippen molar-refractivity contribution < 1.29 is 18.0 Å². The number of nitrogens with zero attached hydrogens (tertiary/aromatic N) is 1. The van der Waals surface area contributed by atoms with Crippen molar-refractivity contribution in [1.82, 2.24) is 4.57 Å². The molecule has 0 saturated heterocycles. The number of rotatable bonds is 4. The monoisotopic (exact) mass is 372 g/mol. The molecule has 3 aromatic rings. The van der Waals surface area contributed by atoms with Gasteiger partial charge in [-0.25, -0.2) is 0 Å². The summed E-state index contributed by atoms with van der Waals surface area (Å²) in [6, 6.07) is 14.5. The van der Waals surface area contributed by atoms with E-state index in [0.29, 0.717) is 28.9 Å². The van der Waals surface area contributed by atoms with E-state index in [9.17, 15) is 18.0 Å². The van der Waals surface area contributed by atoms with Gasteiger partial charge >= 0.3 is 6.18 Å². The van der Waals surface area contributed by atoms with Gasteiger partial charge in [0.1, 0.15) is 0 Å². The van der Waals surface area contributed by atoms with Gasteiger partial charge in [-0.05, 0) is 37.1 Å². The highest BCUT2D eigenvalue weighted by Gasteiger charge is 2.30. The number of benzene rings is 2. The Balaban J connectivity index is 2.12. The summed E-state index contributed by atoms with van der Waals surface area (Å²) in [4.78, 5) is 12.1. The minimum absolute atomic E-state index is 0.336. The molecule has 0 fully saturated rings. The third kappa shape index (κ3) is 3.60. The van der Waals surface area contributed by atoms with Crippen molar-refractivity contribution in [3.63, 3.8) is 0 Å². The van der Waals surface area contributed by atoms with Crippen LogP contribution in [0.2, 0.25) is 0 Å². The van der Waals surface area contributed by atoms with Crippen molar-refractivity contribution >= 4 is 5.91 Å². The average molecular weight is 372 g/mol. The zero-order valence-electron chi connectivity index (χ0n) is 15.0. The van der Waals surface area contributed by atoms with E-state index in [1.54, 1.807) is 6.92 Å². The number of hydrogen-bond acceptors (Lipinski definition) is 1. The number of carbonyl (C=O) groups excluding carboxylic acids is 1. The lowest BCUT2D eigenvalue weighted by molar-refractivity contribution is -0.137. The minimum Gasteiger partial charge on any atom is -0.366 e. The van der Waals surface area contributed by atoms with Crippen LogP contribution in [0.5, 0.6) is 0 Å². The fourth-order valence-corrected chi connectivity index (χ4v) is 3.37. The fourth-order valence-electron chi connectivity index (χ4n) is 3.37. The molecule has 1 amide bonds. The van der Waals surface area contributed by atoms with E-state index in [-0.39, 0.29) is 0 Å². The molecule has 0 spiro atoms. The van der Waals surface area contributed by atoms with E-state index in [1.165, 1.54) is 12.1 Å². The van der Waals surface area contributed by atoms with Gasteiger partial charge in [0, 0.05) is 23.5 Å². The topological polar surface area (TPSA) is 48.0 Å². The maximum absolute atomic E-state index is 12.8. The van der Waals surface area contributed by atoms with E-state index in [1.807, 2.05) is 41.8 Å². The third-order valence-electron chi connectivity index (χ3n) is 4.71. The van der Waals surface area contributed by atoms with Crippen LogP contribution < -0.4 is 5.73 Å². The van der Waals surface area contributed by atoms with E-state index in [2.05, 4.69) is 0 Å². The summed E-state index contributed by atoms with van der Waals surface area (Å²) >= 11 is 0. The van der Waals surface area contributed by atoms with Crippen LogP contribution in [0.1, 0.15) is 32.9 Å². The fraction of sp³-hybridized carbons (Fsp3) is 0.190. The summed E-state index contributed by atoms with van der Waals surface area (Å²) in [7, 11) is 0. The Morgan fingerprint density at radius 2 is 1.56 bits per heavy atom. The molecular weight excluding hydrogens is 353 g/mol. The van der Waals surface area contributed by atoms with Crippen molar-refractivity contribution in [1.29, 1.82) is 0 Å². The molecule has 0 unspecified atom stereocenters. The second-order valence-electron chi connectivity index (χ2n) is 6.43. The second kappa shape index (κ2) is 6.95. The molecule has 140 valence electrons. The van der Waals surface area contributed by atoms with Crippen LogP contribution in [0.25, 0.3) is 11.1 Å². The van der Waals surface area contributed by atoms with Gasteiger partial charge in [-0.15, -0.1) is 0 Å². The highest BCUT2D eigenvalue weighted by Crippen LogP contribution is 2.35. The standard InChI is InChI=1S/C21H19F3N2O/c1-13-18(16-8-10-17(11-9-16)21(22,23)24)19(20(25)27)14(2)26(13)12-15-6-4-3-5-7-15/h3-11H,12H2,1-2H3,(H2,25,27). The molecule has 0 aliphatic heterocycles. The molecule has 2 N–H and O–H groups in total. The Morgan fingerprint density at radius 3 is 2.07 bits per heavy atom. The first-order valence-corrected chi connectivity index (χ1v) is 8.41. The Hall–Kier alpha value is -3.02. The zero-order valence-corrected chi connectivity index (χ0v) is 15.0. The highest BCUT2D eigenvalue weighted by atomic mass is 19.4. The van der Waals surface area contributed by atoms with Crippen LogP contribution in [0.3, 0.4) is 0 Å². The number of carbonyl (C=O) groups is 1. The first-order chi connectivity index (χ1) is 12.7. The van der Waals surface area contributed by atoms with Crippen LogP contribution in [-0.2, 0) is 12.7 Å². The lowest BCUT2D eigenvalue weighted by Gasteiger charge is -2.11. The molecule has 1 aromatic heterocycles. The van der Waals surface area contributed by atoms with E-state index >= 15 is 0 Å². The zero-order chi connectivity index (χ0) is 19.8. The summed E-state index contributed by atoms with van der Waals surface area (Å²) < 4.78 is 40.5. The number of nitrogens with two attached hydrogens (primary N) is 1. The summed E-state index contributed by atoms with van der Waals surface area (Å²) in [6.07, 6.45) is -4.41. The van der Waals surface area contributed by atoms with Gasteiger partial charge in [-0.3, -0.25) is 4.79 Å². The van der Waals surface area contributed by atoms with Gasteiger partial charge in [0.05, 0.1) is 11.1 Å². The van der Waals surface area contributed by atoms with E-state index < -0.39 is 17.6 Å². The quantitative estimate of drug-likeness (QED) is 0.693. The van der Waals surface area contributed by atoms with E-state index in [0.717, 1.165) is 23.4 Å². The number of amides is 1. The summed E-state index contributed by atoms with van der Waals surface area (Å²) in [5, 5.41) is 0. The first-order valence-electron chi connectivity index (χ1n) is 8.41. The molecule has 3 rings (SSSR count). The Morgan fingerprint density at radius 1 is 0.963 bits per heavy atom. The average Bonchev–Trinajstić information content (AvgIpc) is 2.87. The van der Waals surface area contributed by atoms with Gasteiger partial charge in [-0.2, -0.15) is 13.2 Å². The number of aromatic nitrogens is 1. The maximum atomic E-state index is 12.8. The summed E-state index contributed by atoms with van der Waals surface area (Å²) in [5.41, 5.74) is 8.83. The van der Waals surface area contributed by atoms with Crippen molar-refractivity contribution in [3.05, 3.63) is 82.7 Å². The molecule has 2 aromatic carbocycles. The molecule has 27 heavy (non-hydrogen) atoms. The number of hydrogen-bond donors (Lipinski definition) is 1. The Bertz CT molecular complexity index is 971. The highest BCUT2D eigenvalue weighted by molar-refractivity contribution is 6.02. The molecule has 0 radical (unpaired) electrons. The SMILES string of the molecule is Cc1c(C(N)=O)c(-c2ccc(C(F)(F)F)cc2)c(C)n1Cc1ccccc1. The van der Waals surface area contributed by atoms with Crippen LogP contribution in [0, 0.1) is 13.8 Å². The van der Waals surface area contributed by atoms with Crippen LogP contribution in [0.4, 0.5) is 13.2 Å². The lowest BCUT2D eigenvalue weighted by atomic mass is 9.99. The largest absolute Gasteiger partial charge is 0.416 e. The number of primary amides is 1. The maximum Gasteiger partial charge on any atom is 0.416 e. The molecule has 0 aliphatic rings. The number of halogens is 3. The van der Waals surface area contributed by atoms with Crippen molar-refractivity contribution in [2.45, 2.75) is 26.6 Å². The summed E-state index contributed by atoms with van der Waals surface area (Å²) in [6.45, 7) is 4.18. The van der Waals surface area contributed by atoms with Gasteiger partial charge in [0.2, 0.25) is 0 Å². The Labute approximate surface area is 155 Å². The van der Waals surface area contributed by atoms with Crippen molar-refractivity contribution in [3.8, 4) is 11.1 Å². The lowest BCUT2D eigenvalue weighted by Crippen LogP contribution is -2.13. The molecule has 0 bridgehead atoms. The molecule has 0 saturated carbocycles. The predicted molar refractivity (Wildman–Crippen MR) is 98.4 cm³/mol. The van der Waals surface area contributed by atoms with Crippen molar-refractivity contribution in [2.24, 2.45) is 5.73 Å². The normalized spacial score (nSPS) is 11.6. The molecular formula is C21H19F3N2O. The molecule has 1 heterocycles. The van der Waals surface area contributed by atoms with Gasteiger partial charge < -0.3 is 10.3 Å². The molecule has 6 heteroatoms. The molecule has 0 atom stereocenters.